The molecule has 1 aliphatic rings. The van der Waals surface area contributed by atoms with Crippen LogP contribution >= 0.6 is 0 Å². The number of carbonyl (C=O) groups excluding carboxylic acids is 2. The van der Waals surface area contributed by atoms with Crippen molar-refractivity contribution in [3.63, 3.8) is 0 Å². The molecular formula is C21H15NO5. The molecule has 27 heavy (non-hydrogen) atoms. The summed E-state index contributed by atoms with van der Waals surface area (Å²) in [5.74, 6) is -1.85. The first-order valence-corrected chi connectivity index (χ1v) is 8.27. The van der Waals surface area contributed by atoms with E-state index < -0.39 is 17.7 Å². The normalized spacial score (nSPS) is 18.8. The topological polar surface area (TPSA) is 91.0 Å². The third-order valence-corrected chi connectivity index (χ3v) is 4.45. The Balaban J connectivity index is 1.96. The van der Waals surface area contributed by atoms with Crippen molar-refractivity contribution in [1.82, 2.24) is 0 Å². The van der Waals surface area contributed by atoms with Crippen molar-refractivity contribution in [2.45, 2.75) is 6.04 Å². The second-order valence-electron chi connectivity index (χ2n) is 6.04. The van der Waals surface area contributed by atoms with Crippen LogP contribution in [0, 0.1) is 0 Å². The van der Waals surface area contributed by atoms with Crippen molar-refractivity contribution < 1.29 is 24.2 Å². The summed E-state index contributed by atoms with van der Waals surface area (Å²) in [5.41, 5.74) is 0.474. The first kappa shape index (κ1) is 16.7. The zero-order valence-electron chi connectivity index (χ0n) is 14.1. The Hall–Kier alpha value is -3.80. The lowest BCUT2D eigenvalue weighted by atomic mass is 9.99. The van der Waals surface area contributed by atoms with Gasteiger partial charge in [0, 0.05) is 5.56 Å². The van der Waals surface area contributed by atoms with Gasteiger partial charge in [-0.1, -0.05) is 42.5 Å². The van der Waals surface area contributed by atoms with E-state index in [1.165, 1.54) is 18.4 Å². The molecule has 1 atom stereocenters. The van der Waals surface area contributed by atoms with E-state index in [1.54, 1.807) is 54.6 Å². The van der Waals surface area contributed by atoms with E-state index in [2.05, 4.69) is 0 Å². The van der Waals surface area contributed by atoms with Crippen LogP contribution in [0.5, 0.6) is 5.75 Å². The van der Waals surface area contributed by atoms with Crippen LogP contribution in [0.25, 0.3) is 5.76 Å². The van der Waals surface area contributed by atoms with Gasteiger partial charge in [0.1, 0.15) is 23.3 Å². The molecule has 0 spiro atoms. The van der Waals surface area contributed by atoms with Crippen LogP contribution in [-0.4, -0.2) is 21.9 Å². The second kappa shape index (κ2) is 6.49. The number of aromatic hydroxyl groups is 1. The summed E-state index contributed by atoms with van der Waals surface area (Å²) in [6, 6.07) is 17.0. The summed E-state index contributed by atoms with van der Waals surface area (Å²) in [6.07, 6.45) is 1.42. The highest BCUT2D eigenvalue weighted by atomic mass is 16.3. The van der Waals surface area contributed by atoms with Crippen molar-refractivity contribution in [2.24, 2.45) is 0 Å². The van der Waals surface area contributed by atoms with Crippen molar-refractivity contribution in [3.8, 4) is 5.75 Å². The summed E-state index contributed by atoms with van der Waals surface area (Å²) in [7, 11) is 0. The summed E-state index contributed by atoms with van der Waals surface area (Å²) in [5, 5.41) is 21.0. The lowest BCUT2D eigenvalue weighted by molar-refractivity contribution is -0.132. The number of phenolic OH excluding ortho intramolecular Hbond substituents is 1. The van der Waals surface area contributed by atoms with Gasteiger partial charge in [-0.15, -0.1) is 0 Å². The van der Waals surface area contributed by atoms with E-state index in [-0.39, 0.29) is 22.8 Å². The lowest BCUT2D eigenvalue weighted by Crippen LogP contribution is -2.29. The van der Waals surface area contributed by atoms with Gasteiger partial charge in [-0.2, -0.15) is 0 Å². The number of hydrogen-bond acceptors (Lipinski definition) is 5. The molecule has 3 aromatic rings. The molecule has 1 fully saturated rings. The fourth-order valence-corrected chi connectivity index (χ4v) is 3.22. The van der Waals surface area contributed by atoms with E-state index in [1.807, 2.05) is 0 Å². The molecule has 0 saturated carbocycles. The molecule has 0 aliphatic carbocycles. The van der Waals surface area contributed by atoms with Crippen LogP contribution < -0.4 is 4.90 Å². The quantitative estimate of drug-likeness (QED) is 0.422. The monoisotopic (exact) mass is 361 g/mol. The molecule has 1 unspecified atom stereocenters. The Morgan fingerprint density at radius 1 is 0.926 bits per heavy atom. The molecule has 2 heterocycles. The van der Waals surface area contributed by atoms with Crippen LogP contribution in [0.4, 0.5) is 5.69 Å². The zero-order chi connectivity index (χ0) is 19.0. The highest BCUT2D eigenvalue weighted by Gasteiger charge is 2.48. The van der Waals surface area contributed by atoms with Crippen molar-refractivity contribution >= 4 is 23.1 Å². The molecule has 134 valence electrons. The zero-order valence-corrected chi connectivity index (χ0v) is 14.1. The fraction of sp³-hybridized carbons (Fsp3) is 0.0476. The highest BCUT2D eigenvalue weighted by molar-refractivity contribution is 6.51. The van der Waals surface area contributed by atoms with Gasteiger partial charge in [-0.25, -0.2) is 0 Å². The molecule has 2 aromatic carbocycles. The number of anilines is 1. The number of aliphatic hydroxyl groups is 1. The number of hydrogen-bond donors (Lipinski definition) is 2. The van der Waals surface area contributed by atoms with Gasteiger partial charge < -0.3 is 14.6 Å². The first-order valence-electron chi connectivity index (χ1n) is 8.27. The molecule has 2 N–H and O–H groups in total. The Morgan fingerprint density at radius 2 is 1.63 bits per heavy atom. The third kappa shape index (κ3) is 2.67. The minimum Gasteiger partial charge on any atom is -0.507 e. The highest BCUT2D eigenvalue weighted by Crippen LogP contribution is 2.44. The van der Waals surface area contributed by atoms with Crippen LogP contribution in [0.3, 0.4) is 0 Å². The summed E-state index contributed by atoms with van der Waals surface area (Å²) in [6.45, 7) is 0. The SMILES string of the molecule is O=C1C(=O)N(c2ccccc2O)C(c2ccco2)/C1=C(/O)c1ccccc1. The van der Waals surface area contributed by atoms with Gasteiger partial charge in [0.15, 0.2) is 0 Å². The van der Waals surface area contributed by atoms with Gasteiger partial charge in [0.25, 0.3) is 11.7 Å². The molecule has 1 aliphatic heterocycles. The van der Waals surface area contributed by atoms with Crippen molar-refractivity contribution in [1.29, 1.82) is 0 Å². The maximum absolute atomic E-state index is 12.8. The van der Waals surface area contributed by atoms with Crippen LogP contribution in [0.1, 0.15) is 17.4 Å². The number of para-hydroxylation sites is 2. The molecule has 1 aromatic heterocycles. The molecule has 4 rings (SSSR count). The minimum atomic E-state index is -0.992. The van der Waals surface area contributed by atoms with Crippen LogP contribution in [0.15, 0.2) is 83.0 Å². The molecule has 0 radical (unpaired) electrons. The van der Waals surface area contributed by atoms with Crippen molar-refractivity contribution in [3.05, 3.63) is 89.9 Å². The van der Waals surface area contributed by atoms with Crippen molar-refractivity contribution in [2.75, 3.05) is 4.90 Å². The maximum atomic E-state index is 12.8. The minimum absolute atomic E-state index is 0.0931. The van der Waals surface area contributed by atoms with Gasteiger partial charge in [-0.3, -0.25) is 14.5 Å². The Labute approximate surface area is 154 Å². The average molecular weight is 361 g/mol. The average Bonchev–Trinajstić information content (AvgIpc) is 3.30. The smallest absolute Gasteiger partial charge is 0.300 e. The summed E-state index contributed by atoms with van der Waals surface area (Å²) < 4.78 is 5.45. The molecule has 1 saturated heterocycles. The number of phenols is 1. The number of amides is 1. The van der Waals surface area contributed by atoms with E-state index in [4.69, 9.17) is 4.42 Å². The summed E-state index contributed by atoms with van der Waals surface area (Å²) >= 11 is 0. The first-order chi connectivity index (χ1) is 13.1. The number of furan rings is 1. The predicted octanol–water partition coefficient (Wildman–Crippen LogP) is 3.61. The number of nitrogens with zero attached hydrogens (tertiary/aromatic N) is 1. The van der Waals surface area contributed by atoms with E-state index in [0.717, 1.165) is 4.90 Å². The predicted molar refractivity (Wildman–Crippen MR) is 98.0 cm³/mol. The molecule has 1 amide bonds. The number of Topliss-reactive ketones (excluding diaryl/α,β-unsaturated/α-hetero) is 1. The second-order valence-corrected chi connectivity index (χ2v) is 6.04. The Morgan fingerprint density at radius 3 is 2.30 bits per heavy atom. The molecule has 0 bridgehead atoms. The number of ketones is 1. The lowest BCUT2D eigenvalue weighted by Gasteiger charge is -2.23. The van der Waals surface area contributed by atoms with Gasteiger partial charge in [0.05, 0.1) is 17.5 Å². The Kier molecular flexibility index (Phi) is 4.01. The Bertz CT molecular complexity index is 1040. The number of benzene rings is 2. The molecule has 6 heteroatoms. The van der Waals surface area contributed by atoms with Gasteiger partial charge >= 0.3 is 0 Å². The van der Waals surface area contributed by atoms with Gasteiger partial charge in [-0.05, 0) is 24.3 Å². The standard InChI is InChI=1S/C21H15NO5/c23-15-10-5-4-9-14(15)22-18(16-11-6-12-27-16)17(20(25)21(22)26)19(24)13-7-2-1-3-8-13/h1-12,18,23-24H/b19-17-. The fourth-order valence-electron chi connectivity index (χ4n) is 3.22. The largest absolute Gasteiger partial charge is 0.507 e. The van der Waals surface area contributed by atoms with Crippen LogP contribution in [-0.2, 0) is 9.59 Å². The molecule has 6 nitrogen and oxygen atoms in total. The van der Waals surface area contributed by atoms with E-state index >= 15 is 0 Å². The number of aliphatic hydroxyl groups excluding tert-OH is 1. The number of rotatable bonds is 3. The van der Waals surface area contributed by atoms with E-state index in [0.29, 0.717) is 11.3 Å². The van der Waals surface area contributed by atoms with E-state index in [9.17, 15) is 19.8 Å². The summed E-state index contributed by atoms with van der Waals surface area (Å²) in [4.78, 5) is 26.7. The van der Waals surface area contributed by atoms with Crippen LogP contribution in [0.2, 0.25) is 0 Å². The number of carbonyl (C=O) groups is 2. The van der Waals surface area contributed by atoms with Gasteiger partial charge in [0.2, 0.25) is 0 Å². The maximum Gasteiger partial charge on any atom is 0.300 e. The molecular weight excluding hydrogens is 346 g/mol. The third-order valence-electron chi connectivity index (χ3n) is 4.45.